The fourth-order valence-electron chi connectivity index (χ4n) is 2.08. The molecule has 0 saturated carbocycles. The van der Waals surface area contributed by atoms with Crippen LogP contribution < -0.4 is 15.0 Å². The fraction of sp³-hybridized carbons (Fsp3) is 0.263. The Morgan fingerprint density at radius 1 is 1.00 bits per heavy atom. The minimum Gasteiger partial charge on any atom is -0.482 e. The smallest absolute Gasteiger partial charge is 0.344 e. The van der Waals surface area contributed by atoms with Crippen molar-refractivity contribution in [2.75, 3.05) is 37.5 Å². The largest absolute Gasteiger partial charge is 0.482 e. The molecule has 2 aromatic carbocycles. The summed E-state index contributed by atoms with van der Waals surface area (Å²) in [6.07, 6.45) is 0. The zero-order chi connectivity index (χ0) is 18.2. The molecule has 0 atom stereocenters. The molecule has 0 unspecified atom stereocenters. The summed E-state index contributed by atoms with van der Waals surface area (Å²) in [5.74, 6) is -0.381. The molecule has 0 aliphatic carbocycles. The van der Waals surface area contributed by atoms with Gasteiger partial charge in [-0.3, -0.25) is 4.79 Å². The van der Waals surface area contributed by atoms with Gasteiger partial charge in [0.15, 0.2) is 13.2 Å². The number of nitrogens with zero attached hydrogens (tertiary/aromatic N) is 1. The highest BCUT2D eigenvalue weighted by Gasteiger charge is 2.09. The van der Waals surface area contributed by atoms with Crippen molar-refractivity contribution in [1.29, 1.82) is 0 Å². The molecule has 1 amide bonds. The first-order chi connectivity index (χ1) is 12.0. The third kappa shape index (κ3) is 5.84. The van der Waals surface area contributed by atoms with Gasteiger partial charge in [0.2, 0.25) is 0 Å². The van der Waals surface area contributed by atoms with Crippen LogP contribution in [-0.2, 0) is 14.3 Å². The zero-order valence-electron chi connectivity index (χ0n) is 14.6. The number of hydrogen-bond donors (Lipinski definition) is 1. The second kappa shape index (κ2) is 8.73. The van der Waals surface area contributed by atoms with E-state index in [9.17, 15) is 9.59 Å². The van der Waals surface area contributed by atoms with Crippen LogP contribution in [-0.4, -0.2) is 39.2 Å². The molecule has 0 saturated heterocycles. The number of carbonyl (C=O) groups excluding carboxylic acids is 2. The van der Waals surface area contributed by atoms with Crippen molar-refractivity contribution < 1.29 is 19.1 Å². The third-order valence-electron chi connectivity index (χ3n) is 3.47. The fourth-order valence-corrected chi connectivity index (χ4v) is 2.08. The van der Waals surface area contributed by atoms with Crippen molar-refractivity contribution in [3.63, 3.8) is 0 Å². The maximum atomic E-state index is 11.8. The zero-order valence-corrected chi connectivity index (χ0v) is 14.6. The van der Waals surface area contributed by atoms with Gasteiger partial charge >= 0.3 is 5.97 Å². The molecule has 6 nitrogen and oxygen atoms in total. The van der Waals surface area contributed by atoms with Gasteiger partial charge in [-0.1, -0.05) is 18.2 Å². The standard InChI is InChI=1S/C19H22N2O4/c1-14-6-4-5-7-17(14)24-13-19(23)25-12-18(22)20-15-8-10-16(11-9-15)21(2)3/h4-11H,12-13H2,1-3H3,(H,20,22). The van der Waals surface area contributed by atoms with Gasteiger partial charge in [-0.15, -0.1) is 0 Å². The Bertz CT molecular complexity index is 726. The number of aryl methyl sites for hydroxylation is 1. The van der Waals surface area contributed by atoms with E-state index in [4.69, 9.17) is 9.47 Å². The van der Waals surface area contributed by atoms with E-state index >= 15 is 0 Å². The Labute approximate surface area is 147 Å². The molecule has 1 N–H and O–H groups in total. The number of hydrogen-bond acceptors (Lipinski definition) is 5. The Morgan fingerprint density at radius 2 is 1.68 bits per heavy atom. The van der Waals surface area contributed by atoms with Crippen LogP contribution in [0.25, 0.3) is 0 Å². The molecule has 2 rings (SSSR count). The third-order valence-corrected chi connectivity index (χ3v) is 3.47. The van der Waals surface area contributed by atoms with Crippen LogP contribution in [0.2, 0.25) is 0 Å². The average Bonchev–Trinajstić information content (AvgIpc) is 2.59. The Kier molecular flexibility index (Phi) is 6.39. The molecule has 0 heterocycles. The molecular weight excluding hydrogens is 320 g/mol. The Morgan fingerprint density at radius 3 is 2.32 bits per heavy atom. The van der Waals surface area contributed by atoms with Gasteiger partial charge in [0.05, 0.1) is 0 Å². The van der Waals surface area contributed by atoms with Gasteiger partial charge in [0.25, 0.3) is 5.91 Å². The molecule has 25 heavy (non-hydrogen) atoms. The summed E-state index contributed by atoms with van der Waals surface area (Å²) in [6.45, 7) is 1.29. The molecule has 0 aliphatic heterocycles. The minimum atomic E-state index is -0.596. The van der Waals surface area contributed by atoms with Crippen LogP contribution in [0.1, 0.15) is 5.56 Å². The lowest BCUT2D eigenvalue weighted by Crippen LogP contribution is -2.23. The van der Waals surface area contributed by atoms with Crippen LogP contribution in [0.15, 0.2) is 48.5 Å². The maximum absolute atomic E-state index is 11.8. The molecule has 132 valence electrons. The summed E-state index contributed by atoms with van der Waals surface area (Å²) < 4.78 is 10.3. The first kappa shape index (κ1) is 18.3. The van der Waals surface area contributed by atoms with Crippen LogP contribution >= 0.6 is 0 Å². The number of esters is 1. The number of amides is 1. The quantitative estimate of drug-likeness (QED) is 0.784. The van der Waals surface area contributed by atoms with E-state index in [0.29, 0.717) is 11.4 Å². The van der Waals surface area contributed by atoms with E-state index in [1.54, 1.807) is 18.2 Å². The van der Waals surface area contributed by atoms with E-state index in [2.05, 4.69) is 5.32 Å². The number of carbonyl (C=O) groups is 2. The highest BCUT2D eigenvalue weighted by Crippen LogP contribution is 2.16. The molecule has 0 aromatic heterocycles. The van der Waals surface area contributed by atoms with Crippen molar-refractivity contribution in [3.05, 3.63) is 54.1 Å². The van der Waals surface area contributed by atoms with Crippen molar-refractivity contribution in [3.8, 4) is 5.75 Å². The molecule has 6 heteroatoms. The van der Waals surface area contributed by atoms with E-state index < -0.39 is 11.9 Å². The number of anilines is 2. The lowest BCUT2D eigenvalue weighted by molar-refractivity contribution is -0.149. The Hall–Kier alpha value is -3.02. The second-order valence-electron chi connectivity index (χ2n) is 5.70. The van der Waals surface area contributed by atoms with E-state index in [1.807, 2.05) is 56.3 Å². The van der Waals surface area contributed by atoms with Gasteiger partial charge in [0, 0.05) is 25.5 Å². The van der Waals surface area contributed by atoms with Gasteiger partial charge in [-0.05, 0) is 42.8 Å². The van der Waals surface area contributed by atoms with Gasteiger partial charge < -0.3 is 19.7 Å². The van der Waals surface area contributed by atoms with Gasteiger partial charge in [0.1, 0.15) is 5.75 Å². The first-order valence-electron chi connectivity index (χ1n) is 7.87. The SMILES string of the molecule is Cc1ccccc1OCC(=O)OCC(=O)Nc1ccc(N(C)C)cc1. The molecule has 0 fully saturated rings. The number of benzene rings is 2. The molecular formula is C19H22N2O4. The van der Waals surface area contributed by atoms with Crippen molar-refractivity contribution in [2.45, 2.75) is 6.92 Å². The van der Waals surface area contributed by atoms with E-state index in [-0.39, 0.29) is 13.2 Å². The normalized spacial score (nSPS) is 10.0. The molecule has 0 spiro atoms. The highest BCUT2D eigenvalue weighted by molar-refractivity contribution is 5.93. The van der Waals surface area contributed by atoms with Crippen LogP contribution in [0.4, 0.5) is 11.4 Å². The summed E-state index contributed by atoms with van der Waals surface area (Å²) in [6, 6.07) is 14.7. The monoisotopic (exact) mass is 342 g/mol. The average molecular weight is 342 g/mol. The lowest BCUT2D eigenvalue weighted by Gasteiger charge is -2.13. The van der Waals surface area contributed by atoms with Crippen molar-refractivity contribution in [2.24, 2.45) is 0 Å². The highest BCUT2D eigenvalue weighted by atomic mass is 16.6. The van der Waals surface area contributed by atoms with Gasteiger partial charge in [-0.25, -0.2) is 4.79 Å². The topological polar surface area (TPSA) is 67.9 Å². The van der Waals surface area contributed by atoms with Crippen LogP contribution in [0.3, 0.4) is 0 Å². The number of para-hydroxylation sites is 1. The van der Waals surface area contributed by atoms with Crippen LogP contribution in [0, 0.1) is 6.92 Å². The van der Waals surface area contributed by atoms with Crippen molar-refractivity contribution >= 4 is 23.3 Å². The molecule has 0 aliphatic rings. The van der Waals surface area contributed by atoms with Crippen molar-refractivity contribution in [1.82, 2.24) is 0 Å². The summed E-state index contributed by atoms with van der Waals surface area (Å²) in [5, 5.41) is 2.67. The summed E-state index contributed by atoms with van der Waals surface area (Å²) in [5.41, 5.74) is 2.59. The number of ether oxygens (including phenoxy) is 2. The Balaban J connectivity index is 1.74. The summed E-state index contributed by atoms with van der Waals surface area (Å²) in [4.78, 5) is 25.5. The molecule has 0 radical (unpaired) electrons. The maximum Gasteiger partial charge on any atom is 0.344 e. The predicted octanol–water partition coefficient (Wildman–Crippen LogP) is 2.62. The van der Waals surface area contributed by atoms with Gasteiger partial charge in [-0.2, -0.15) is 0 Å². The predicted molar refractivity (Wildman–Crippen MR) is 97.0 cm³/mol. The first-order valence-corrected chi connectivity index (χ1v) is 7.87. The summed E-state index contributed by atoms with van der Waals surface area (Å²) >= 11 is 0. The number of nitrogens with one attached hydrogen (secondary N) is 1. The second-order valence-corrected chi connectivity index (χ2v) is 5.70. The lowest BCUT2D eigenvalue weighted by atomic mass is 10.2. The molecule has 2 aromatic rings. The minimum absolute atomic E-state index is 0.240. The number of rotatable bonds is 7. The van der Waals surface area contributed by atoms with E-state index in [0.717, 1.165) is 11.3 Å². The van der Waals surface area contributed by atoms with Crippen LogP contribution in [0.5, 0.6) is 5.75 Å². The van der Waals surface area contributed by atoms with E-state index in [1.165, 1.54) is 0 Å². The summed E-state index contributed by atoms with van der Waals surface area (Å²) in [7, 11) is 3.87. The molecule has 0 bridgehead atoms.